The third-order valence-electron chi connectivity index (χ3n) is 4.71. The lowest BCUT2D eigenvalue weighted by molar-refractivity contribution is 0.236. The molecule has 0 spiro atoms. The molecule has 0 heterocycles. The monoisotopic (exact) mass is 414 g/mol. The highest BCUT2D eigenvalue weighted by molar-refractivity contribution is 7.73. The minimum Gasteiger partial charge on any atom is -0.371 e. The first-order valence-electron chi connectivity index (χ1n) is 9.75. The van der Waals surface area contributed by atoms with Gasteiger partial charge in [0.25, 0.3) is 0 Å². The second-order valence-corrected chi connectivity index (χ2v) is 11.0. The molecule has 1 nitrogen and oxygen atoms in total. The van der Waals surface area contributed by atoms with Crippen LogP contribution in [-0.2, 0) is 4.74 Å². The summed E-state index contributed by atoms with van der Waals surface area (Å²) in [7, 11) is -1.06. The zero-order valence-corrected chi connectivity index (χ0v) is 18.1. The molecule has 0 bridgehead atoms. The Morgan fingerprint density at radius 1 is 0.379 bits per heavy atom. The average Bonchev–Trinajstić information content (AvgIpc) is 2.81. The van der Waals surface area contributed by atoms with Crippen molar-refractivity contribution in [3.05, 3.63) is 121 Å². The summed E-state index contributed by atoms with van der Waals surface area (Å²) in [6.45, 7) is 0. The predicted octanol–water partition coefficient (Wildman–Crippen LogP) is 5.18. The zero-order chi connectivity index (χ0) is 19.7. The molecule has 0 atom stereocenters. The number of hydrogen-bond donors (Lipinski definition) is 0. The predicted molar refractivity (Wildman–Crippen MR) is 129 cm³/mol. The van der Waals surface area contributed by atoms with Crippen molar-refractivity contribution in [2.24, 2.45) is 0 Å². The van der Waals surface area contributed by atoms with Gasteiger partial charge in [0.1, 0.15) is 0 Å². The summed E-state index contributed by atoms with van der Waals surface area (Å²) in [5, 5.41) is 5.44. The Hall–Kier alpha value is -2.30. The number of benzene rings is 4. The maximum atomic E-state index is 6.43. The molecule has 0 aliphatic heterocycles. The molecule has 0 aliphatic carbocycles. The molecule has 0 radical (unpaired) electrons. The molecule has 0 saturated heterocycles. The summed E-state index contributed by atoms with van der Waals surface area (Å²) < 4.78 is 6.43. The molecular formula is C26H24OP2. The van der Waals surface area contributed by atoms with Crippen LogP contribution in [0.5, 0.6) is 0 Å². The summed E-state index contributed by atoms with van der Waals surface area (Å²) in [4.78, 5) is 0. The molecule has 0 aromatic heterocycles. The highest BCUT2D eigenvalue weighted by Gasteiger charge is 2.17. The Morgan fingerprint density at radius 3 is 0.862 bits per heavy atom. The third kappa shape index (κ3) is 5.40. The van der Waals surface area contributed by atoms with Crippen molar-refractivity contribution in [3.8, 4) is 0 Å². The van der Waals surface area contributed by atoms with Crippen molar-refractivity contribution >= 4 is 37.1 Å². The van der Waals surface area contributed by atoms with Crippen molar-refractivity contribution in [2.75, 3.05) is 12.7 Å². The Labute approximate surface area is 175 Å². The summed E-state index contributed by atoms with van der Waals surface area (Å²) in [6.07, 6.45) is 1.48. The molecule has 4 rings (SSSR count). The molecule has 4 aromatic rings. The van der Waals surface area contributed by atoms with Gasteiger partial charge in [-0.05, 0) is 37.1 Å². The van der Waals surface area contributed by atoms with Crippen molar-refractivity contribution < 1.29 is 4.74 Å². The van der Waals surface area contributed by atoms with Gasteiger partial charge < -0.3 is 4.74 Å². The van der Waals surface area contributed by atoms with Gasteiger partial charge in [0.05, 0.1) is 12.7 Å². The van der Waals surface area contributed by atoms with Crippen LogP contribution < -0.4 is 21.2 Å². The Balaban J connectivity index is 1.53. The topological polar surface area (TPSA) is 9.23 Å². The second-order valence-electron chi connectivity index (χ2n) is 6.66. The van der Waals surface area contributed by atoms with Gasteiger partial charge in [-0.2, -0.15) is 0 Å². The van der Waals surface area contributed by atoms with E-state index in [9.17, 15) is 0 Å². The molecule has 0 N–H and O–H groups in total. The lowest BCUT2D eigenvalue weighted by Crippen LogP contribution is -2.18. The lowest BCUT2D eigenvalue weighted by Gasteiger charge is -2.22. The van der Waals surface area contributed by atoms with Crippen LogP contribution in [0.1, 0.15) is 0 Å². The van der Waals surface area contributed by atoms with E-state index in [1.807, 2.05) is 0 Å². The van der Waals surface area contributed by atoms with Gasteiger partial charge in [0.2, 0.25) is 0 Å². The SMILES string of the molecule is c1ccc(P(COCP(c2ccccc2)c2ccccc2)c2ccccc2)cc1. The number of rotatable bonds is 8. The van der Waals surface area contributed by atoms with E-state index in [1.54, 1.807) is 0 Å². The molecule has 144 valence electrons. The van der Waals surface area contributed by atoms with E-state index in [0.29, 0.717) is 0 Å². The van der Waals surface area contributed by atoms with E-state index >= 15 is 0 Å². The molecule has 29 heavy (non-hydrogen) atoms. The second kappa shape index (κ2) is 10.5. The van der Waals surface area contributed by atoms with E-state index in [-0.39, 0.29) is 0 Å². The Morgan fingerprint density at radius 2 is 0.621 bits per heavy atom. The normalized spacial score (nSPS) is 11.1. The van der Waals surface area contributed by atoms with Crippen LogP contribution in [-0.4, -0.2) is 12.7 Å². The van der Waals surface area contributed by atoms with Crippen LogP contribution >= 0.6 is 15.8 Å². The first kappa shape index (κ1) is 20.0. The van der Waals surface area contributed by atoms with Gasteiger partial charge in [-0.15, -0.1) is 0 Å². The highest BCUT2D eigenvalue weighted by Crippen LogP contribution is 2.38. The van der Waals surface area contributed by atoms with Crippen molar-refractivity contribution in [3.63, 3.8) is 0 Å². The van der Waals surface area contributed by atoms with E-state index in [4.69, 9.17) is 4.74 Å². The van der Waals surface area contributed by atoms with Gasteiger partial charge in [-0.25, -0.2) is 0 Å². The van der Waals surface area contributed by atoms with Crippen LogP contribution in [0.2, 0.25) is 0 Å². The van der Waals surface area contributed by atoms with Crippen LogP contribution in [0.4, 0.5) is 0 Å². The molecule has 4 aromatic carbocycles. The maximum absolute atomic E-state index is 6.43. The van der Waals surface area contributed by atoms with Crippen LogP contribution in [0.3, 0.4) is 0 Å². The fourth-order valence-corrected chi connectivity index (χ4v) is 7.26. The van der Waals surface area contributed by atoms with E-state index in [0.717, 1.165) is 12.7 Å². The first-order chi connectivity index (χ1) is 14.4. The molecule has 0 amide bonds. The largest absolute Gasteiger partial charge is 0.371 e. The van der Waals surface area contributed by atoms with Gasteiger partial charge in [-0.3, -0.25) is 0 Å². The van der Waals surface area contributed by atoms with Crippen LogP contribution in [0, 0.1) is 0 Å². The summed E-state index contributed by atoms with van der Waals surface area (Å²) in [5.41, 5.74) is 0. The summed E-state index contributed by atoms with van der Waals surface area (Å²) >= 11 is 0. The third-order valence-corrected chi connectivity index (χ3v) is 9.28. The maximum Gasteiger partial charge on any atom is 0.0747 e. The lowest BCUT2D eigenvalue weighted by atomic mass is 10.4. The molecule has 0 unspecified atom stereocenters. The molecule has 0 fully saturated rings. The highest BCUT2D eigenvalue weighted by atomic mass is 31.1. The standard InChI is InChI=1S/C26H24OP2/c1-5-13-23(14-6-1)28(24-15-7-2-8-16-24)21-27-22-29(25-17-9-3-10-18-25)26-19-11-4-12-20-26/h1-20H,21-22H2. The fourth-order valence-electron chi connectivity index (χ4n) is 3.25. The molecule has 0 aliphatic rings. The molecule has 0 saturated carbocycles. The summed E-state index contributed by atoms with van der Waals surface area (Å²) in [5.74, 6) is 0. The van der Waals surface area contributed by atoms with Gasteiger partial charge in [-0.1, -0.05) is 121 Å². The first-order valence-corrected chi connectivity index (χ1v) is 12.8. The number of hydrogen-bond acceptors (Lipinski definition) is 1. The molecular weight excluding hydrogens is 390 g/mol. The van der Waals surface area contributed by atoms with E-state index in [2.05, 4.69) is 121 Å². The smallest absolute Gasteiger partial charge is 0.0747 e. The Kier molecular flexibility index (Phi) is 7.22. The minimum atomic E-state index is -0.531. The Bertz CT molecular complexity index is 814. The number of ether oxygens (including phenoxy) is 1. The summed E-state index contributed by atoms with van der Waals surface area (Å²) in [6, 6.07) is 43.0. The average molecular weight is 414 g/mol. The van der Waals surface area contributed by atoms with Gasteiger partial charge >= 0.3 is 0 Å². The van der Waals surface area contributed by atoms with Crippen molar-refractivity contribution in [1.29, 1.82) is 0 Å². The van der Waals surface area contributed by atoms with Crippen LogP contribution in [0.15, 0.2) is 121 Å². The van der Waals surface area contributed by atoms with E-state index < -0.39 is 15.8 Å². The van der Waals surface area contributed by atoms with Crippen molar-refractivity contribution in [2.45, 2.75) is 0 Å². The van der Waals surface area contributed by atoms with Crippen molar-refractivity contribution in [1.82, 2.24) is 0 Å². The zero-order valence-electron chi connectivity index (χ0n) is 16.3. The van der Waals surface area contributed by atoms with Gasteiger partial charge in [0.15, 0.2) is 0 Å². The molecule has 3 heteroatoms. The fraction of sp³-hybridized carbons (Fsp3) is 0.0769. The van der Waals surface area contributed by atoms with Gasteiger partial charge in [0, 0.05) is 0 Å². The minimum absolute atomic E-state index is 0.531. The quantitative estimate of drug-likeness (QED) is 0.361. The van der Waals surface area contributed by atoms with E-state index in [1.165, 1.54) is 21.2 Å². The van der Waals surface area contributed by atoms with Crippen LogP contribution in [0.25, 0.3) is 0 Å².